The Hall–Kier alpha value is -1.40. The van der Waals surface area contributed by atoms with E-state index < -0.39 is 17.9 Å². The standard InChI is InChI=1S/C15H21ClO6/c1-15(2)8(12(15)14(19)22-5)6-9(16)10(17)7-11(20-3)13(18)21-4/h6,8,11-12H,7H2,1-5H3/b9-6-/t8-,11?,12-/m0/s1. The number of hydrogen-bond donors (Lipinski definition) is 0. The molecule has 0 aromatic heterocycles. The summed E-state index contributed by atoms with van der Waals surface area (Å²) in [5.41, 5.74) is -0.309. The van der Waals surface area contributed by atoms with Crippen molar-refractivity contribution in [3.8, 4) is 0 Å². The van der Waals surface area contributed by atoms with Crippen LogP contribution in [0, 0.1) is 17.3 Å². The van der Waals surface area contributed by atoms with Crippen LogP contribution in [0.5, 0.6) is 0 Å². The number of carbonyl (C=O) groups is 3. The lowest BCUT2D eigenvalue weighted by molar-refractivity contribution is -0.153. The molecule has 1 aliphatic rings. The molecule has 0 saturated heterocycles. The maximum Gasteiger partial charge on any atom is 0.335 e. The molecule has 124 valence electrons. The summed E-state index contributed by atoms with van der Waals surface area (Å²) in [7, 11) is 3.84. The quantitative estimate of drug-likeness (QED) is 0.521. The van der Waals surface area contributed by atoms with Crippen LogP contribution in [0.15, 0.2) is 11.1 Å². The lowest BCUT2D eigenvalue weighted by Crippen LogP contribution is -2.27. The molecule has 1 aliphatic carbocycles. The highest BCUT2D eigenvalue weighted by atomic mass is 35.5. The second-order valence-corrected chi connectivity index (χ2v) is 6.14. The summed E-state index contributed by atoms with van der Waals surface area (Å²) in [5, 5.41) is -0.0181. The SMILES string of the molecule is COC(=O)C(CC(=O)/C(Cl)=C/[C@H]1[C@@H](C(=O)OC)C1(C)C)OC. The molecule has 1 unspecified atom stereocenters. The largest absolute Gasteiger partial charge is 0.469 e. The van der Waals surface area contributed by atoms with Crippen molar-refractivity contribution in [2.45, 2.75) is 26.4 Å². The highest BCUT2D eigenvalue weighted by Gasteiger charge is 2.61. The first-order valence-corrected chi connectivity index (χ1v) is 7.17. The first-order chi connectivity index (χ1) is 10.2. The van der Waals surface area contributed by atoms with E-state index in [0.29, 0.717) is 0 Å². The predicted molar refractivity (Wildman–Crippen MR) is 79.2 cm³/mol. The van der Waals surface area contributed by atoms with Gasteiger partial charge in [-0.05, 0) is 11.3 Å². The Balaban J connectivity index is 2.75. The maximum absolute atomic E-state index is 12.0. The molecule has 1 rings (SSSR count). The topological polar surface area (TPSA) is 78.9 Å². The Kier molecular flexibility index (Phi) is 6.14. The zero-order chi connectivity index (χ0) is 17.1. The molecule has 1 saturated carbocycles. The number of hydrogen-bond acceptors (Lipinski definition) is 6. The fraction of sp³-hybridized carbons (Fsp3) is 0.667. The van der Waals surface area contributed by atoms with E-state index in [2.05, 4.69) is 4.74 Å². The van der Waals surface area contributed by atoms with Crippen LogP contribution in [-0.2, 0) is 28.6 Å². The monoisotopic (exact) mass is 332 g/mol. The summed E-state index contributed by atoms with van der Waals surface area (Å²) in [4.78, 5) is 35.1. The van der Waals surface area contributed by atoms with Crippen LogP contribution in [0.1, 0.15) is 20.3 Å². The van der Waals surface area contributed by atoms with Crippen molar-refractivity contribution in [3.05, 3.63) is 11.1 Å². The Bertz CT molecular complexity index is 496. The molecule has 0 aromatic rings. The fourth-order valence-corrected chi connectivity index (χ4v) is 2.69. The van der Waals surface area contributed by atoms with Crippen molar-refractivity contribution in [1.82, 2.24) is 0 Å². The summed E-state index contributed by atoms with van der Waals surface area (Å²) < 4.78 is 14.2. The van der Waals surface area contributed by atoms with Crippen molar-refractivity contribution >= 4 is 29.3 Å². The van der Waals surface area contributed by atoms with E-state index in [1.807, 2.05) is 13.8 Å². The maximum atomic E-state index is 12.0. The van der Waals surface area contributed by atoms with Gasteiger partial charge >= 0.3 is 11.9 Å². The van der Waals surface area contributed by atoms with Crippen LogP contribution in [-0.4, -0.2) is 45.2 Å². The number of rotatable bonds is 7. The van der Waals surface area contributed by atoms with Crippen LogP contribution in [0.2, 0.25) is 0 Å². The lowest BCUT2D eigenvalue weighted by Gasteiger charge is -2.11. The molecule has 0 N–H and O–H groups in total. The summed E-state index contributed by atoms with van der Waals surface area (Å²) >= 11 is 6.01. The van der Waals surface area contributed by atoms with Crippen LogP contribution in [0.25, 0.3) is 0 Å². The first-order valence-electron chi connectivity index (χ1n) is 6.79. The number of carbonyl (C=O) groups excluding carboxylic acids is 3. The van der Waals surface area contributed by atoms with Crippen LogP contribution < -0.4 is 0 Å². The number of ketones is 1. The normalized spacial score (nSPS) is 24.4. The fourth-order valence-electron chi connectivity index (χ4n) is 2.48. The van der Waals surface area contributed by atoms with Gasteiger partial charge in [0, 0.05) is 13.5 Å². The minimum atomic E-state index is -0.997. The highest BCUT2D eigenvalue weighted by Crippen LogP contribution is 2.59. The first kappa shape index (κ1) is 18.6. The van der Waals surface area contributed by atoms with E-state index >= 15 is 0 Å². The minimum absolute atomic E-state index is 0.0181. The van der Waals surface area contributed by atoms with Crippen molar-refractivity contribution in [2.75, 3.05) is 21.3 Å². The predicted octanol–water partition coefficient (Wildman–Crippen LogP) is 1.70. The van der Waals surface area contributed by atoms with Gasteiger partial charge in [-0.3, -0.25) is 9.59 Å². The van der Waals surface area contributed by atoms with E-state index in [0.717, 1.165) is 0 Å². The summed E-state index contributed by atoms with van der Waals surface area (Å²) in [6.07, 6.45) is 0.340. The number of ether oxygens (including phenoxy) is 3. The van der Waals surface area contributed by atoms with E-state index in [1.54, 1.807) is 6.08 Å². The Morgan fingerprint density at radius 3 is 2.23 bits per heavy atom. The zero-order valence-corrected chi connectivity index (χ0v) is 14.1. The number of halogens is 1. The second-order valence-electron chi connectivity index (χ2n) is 5.74. The van der Waals surface area contributed by atoms with Crippen LogP contribution >= 0.6 is 11.6 Å². The summed E-state index contributed by atoms with van der Waals surface area (Å²) in [6, 6.07) is 0. The van der Waals surface area contributed by atoms with Gasteiger partial charge in [-0.15, -0.1) is 0 Å². The third kappa shape index (κ3) is 3.87. The molecule has 0 amide bonds. The second kappa shape index (κ2) is 7.24. The van der Waals surface area contributed by atoms with Gasteiger partial charge in [0.1, 0.15) is 0 Å². The van der Waals surface area contributed by atoms with E-state index in [9.17, 15) is 14.4 Å². The third-order valence-electron chi connectivity index (χ3n) is 4.08. The Morgan fingerprint density at radius 2 is 1.77 bits per heavy atom. The van der Waals surface area contributed by atoms with E-state index in [-0.39, 0.29) is 34.7 Å². The van der Waals surface area contributed by atoms with E-state index in [4.69, 9.17) is 21.1 Å². The molecule has 0 heterocycles. The van der Waals surface area contributed by atoms with Crippen LogP contribution in [0.3, 0.4) is 0 Å². The molecule has 1 fully saturated rings. The molecular formula is C15H21ClO6. The van der Waals surface area contributed by atoms with Gasteiger partial charge in [-0.25, -0.2) is 4.79 Å². The Morgan fingerprint density at radius 1 is 1.18 bits per heavy atom. The number of methoxy groups -OCH3 is 3. The minimum Gasteiger partial charge on any atom is -0.469 e. The number of Topliss-reactive ketones (excluding diaryl/α,β-unsaturated/α-hetero) is 1. The summed E-state index contributed by atoms with van der Waals surface area (Å²) in [5.74, 6) is -1.90. The van der Waals surface area contributed by atoms with Crippen molar-refractivity contribution in [1.29, 1.82) is 0 Å². The average molecular weight is 333 g/mol. The molecule has 0 aromatic carbocycles. The molecule has 3 atom stereocenters. The molecule has 6 nitrogen and oxygen atoms in total. The van der Waals surface area contributed by atoms with Gasteiger partial charge in [0.2, 0.25) is 0 Å². The molecular weight excluding hydrogens is 312 g/mol. The van der Waals surface area contributed by atoms with Gasteiger partial charge < -0.3 is 14.2 Å². The average Bonchev–Trinajstić information content (AvgIpc) is 3.03. The molecule has 0 bridgehead atoms. The smallest absolute Gasteiger partial charge is 0.335 e. The molecule has 0 spiro atoms. The third-order valence-corrected chi connectivity index (χ3v) is 4.41. The summed E-state index contributed by atoms with van der Waals surface area (Å²) in [6.45, 7) is 3.80. The van der Waals surface area contributed by atoms with E-state index in [1.165, 1.54) is 21.3 Å². The van der Waals surface area contributed by atoms with Crippen LogP contribution in [0.4, 0.5) is 0 Å². The van der Waals surface area contributed by atoms with Gasteiger partial charge in [0.05, 0.1) is 25.2 Å². The highest BCUT2D eigenvalue weighted by molar-refractivity contribution is 6.42. The van der Waals surface area contributed by atoms with Gasteiger partial charge in [0.25, 0.3) is 0 Å². The van der Waals surface area contributed by atoms with Gasteiger partial charge in [0.15, 0.2) is 11.9 Å². The zero-order valence-electron chi connectivity index (χ0n) is 13.3. The lowest BCUT2D eigenvalue weighted by atomic mass is 10.1. The van der Waals surface area contributed by atoms with Crippen molar-refractivity contribution in [3.63, 3.8) is 0 Å². The number of allylic oxidation sites excluding steroid dienone is 2. The van der Waals surface area contributed by atoms with Gasteiger partial charge in [-0.2, -0.15) is 0 Å². The van der Waals surface area contributed by atoms with Crippen molar-refractivity contribution < 1.29 is 28.6 Å². The molecule has 22 heavy (non-hydrogen) atoms. The molecule has 7 heteroatoms. The Labute approximate surface area is 134 Å². The molecule has 0 aliphatic heterocycles. The van der Waals surface area contributed by atoms with Gasteiger partial charge in [-0.1, -0.05) is 31.5 Å². The molecule has 0 radical (unpaired) electrons. The van der Waals surface area contributed by atoms with Crippen molar-refractivity contribution in [2.24, 2.45) is 17.3 Å². The number of esters is 2.